The van der Waals surface area contributed by atoms with Crippen molar-refractivity contribution >= 4 is 7.82 Å². The third-order valence-corrected chi connectivity index (χ3v) is 6.09. The van der Waals surface area contributed by atoms with Gasteiger partial charge in [-0.2, -0.15) is 6.42 Å². The SMILES string of the molecule is CCCCC(CC)COP(=O)(O)OCC(CC)CCCC.[CH2-]CCCCCC.[Nd]. The summed E-state index contributed by atoms with van der Waals surface area (Å²) >= 11 is 0. The maximum absolute atomic E-state index is 11.9. The van der Waals surface area contributed by atoms with Crippen molar-refractivity contribution < 1.29 is 59.3 Å². The van der Waals surface area contributed by atoms with Crippen molar-refractivity contribution in [2.75, 3.05) is 13.2 Å². The van der Waals surface area contributed by atoms with E-state index in [-0.39, 0.29) is 40.8 Å². The third-order valence-electron chi connectivity index (χ3n) is 5.14. The molecule has 0 aliphatic carbocycles. The van der Waals surface area contributed by atoms with Gasteiger partial charge in [0.25, 0.3) is 0 Å². The number of hydrogen-bond acceptors (Lipinski definition) is 3. The predicted octanol–water partition coefficient (Wildman–Crippen LogP) is 8.34. The zero-order chi connectivity index (χ0) is 21.7. The molecule has 4 nitrogen and oxygen atoms in total. The number of hydrogen-bond donors (Lipinski definition) is 1. The van der Waals surface area contributed by atoms with E-state index in [0.717, 1.165) is 57.8 Å². The van der Waals surface area contributed by atoms with E-state index in [2.05, 4.69) is 41.5 Å². The van der Waals surface area contributed by atoms with Gasteiger partial charge in [0.15, 0.2) is 0 Å². The van der Waals surface area contributed by atoms with Gasteiger partial charge in [-0.25, -0.2) is 4.57 Å². The van der Waals surface area contributed by atoms with Crippen molar-refractivity contribution in [1.82, 2.24) is 0 Å². The summed E-state index contributed by atoms with van der Waals surface area (Å²) in [7, 11) is -3.89. The standard InChI is InChI=1S/C16H35O4P.C7H15.Nd/c1-5-9-11-15(7-3)13-19-21(17,18)20-14-16(8-4)12-10-6-2;1-3-5-7-6-4-2;/h15-16H,5-14H2,1-4H3,(H,17,18);1,3-7H2,2H3;/q;-1;. The second-order valence-corrected chi connectivity index (χ2v) is 9.26. The molecule has 0 rings (SSSR count). The number of phosphoric acid groups is 1. The summed E-state index contributed by atoms with van der Waals surface area (Å²) in [6, 6.07) is 0. The number of rotatable bonds is 18. The van der Waals surface area contributed by atoms with E-state index in [1.165, 1.54) is 25.7 Å². The molecule has 0 radical (unpaired) electrons. The summed E-state index contributed by atoms with van der Waals surface area (Å²) in [5, 5.41) is 0. The summed E-state index contributed by atoms with van der Waals surface area (Å²) in [6.07, 6.45) is 15.1. The first-order chi connectivity index (χ1) is 13.4. The molecule has 6 heteroatoms. The van der Waals surface area contributed by atoms with Gasteiger partial charge in [0.2, 0.25) is 0 Å². The van der Waals surface area contributed by atoms with Crippen LogP contribution in [0, 0.1) is 59.6 Å². The maximum Gasteiger partial charge on any atom is 0.472 e. The maximum atomic E-state index is 11.9. The van der Waals surface area contributed by atoms with Crippen molar-refractivity contribution in [3.63, 3.8) is 0 Å². The van der Waals surface area contributed by atoms with Crippen LogP contribution in [0.25, 0.3) is 0 Å². The molecule has 0 aliphatic heterocycles. The average molecular weight is 566 g/mol. The van der Waals surface area contributed by atoms with Crippen LogP contribution in [-0.4, -0.2) is 18.1 Å². The third kappa shape index (κ3) is 25.6. The minimum Gasteiger partial charge on any atom is -0.343 e. The van der Waals surface area contributed by atoms with Crippen molar-refractivity contribution in [1.29, 1.82) is 0 Å². The molecular formula is C23H50NdO4P-. The second kappa shape index (κ2) is 25.7. The predicted molar refractivity (Wildman–Crippen MR) is 122 cm³/mol. The van der Waals surface area contributed by atoms with Gasteiger partial charge >= 0.3 is 7.82 Å². The topological polar surface area (TPSA) is 55.8 Å². The van der Waals surface area contributed by atoms with Crippen molar-refractivity contribution in [2.24, 2.45) is 11.8 Å². The van der Waals surface area contributed by atoms with Crippen molar-refractivity contribution in [3.05, 3.63) is 6.92 Å². The van der Waals surface area contributed by atoms with Gasteiger partial charge in [0.1, 0.15) is 0 Å². The van der Waals surface area contributed by atoms with E-state index >= 15 is 0 Å². The van der Waals surface area contributed by atoms with Crippen molar-refractivity contribution in [3.8, 4) is 0 Å². The number of unbranched alkanes of at least 4 members (excludes halogenated alkanes) is 6. The van der Waals surface area contributed by atoms with Crippen LogP contribution >= 0.6 is 7.82 Å². The average Bonchev–Trinajstić information content (AvgIpc) is 2.69. The Labute approximate surface area is 215 Å². The first-order valence-corrected chi connectivity index (χ1v) is 13.3. The summed E-state index contributed by atoms with van der Waals surface area (Å²) in [4.78, 5) is 9.77. The molecule has 0 saturated carbocycles. The fourth-order valence-electron chi connectivity index (χ4n) is 2.84. The first kappa shape index (κ1) is 35.1. The van der Waals surface area contributed by atoms with E-state index in [9.17, 15) is 9.46 Å². The van der Waals surface area contributed by atoms with Crippen molar-refractivity contribution in [2.45, 2.75) is 118 Å². The molecular weight excluding hydrogens is 515 g/mol. The fraction of sp³-hybridized carbons (Fsp3) is 0.957. The summed E-state index contributed by atoms with van der Waals surface area (Å²) in [5.41, 5.74) is 0. The van der Waals surface area contributed by atoms with Crippen LogP contribution in [0.4, 0.5) is 0 Å². The molecule has 0 bridgehead atoms. The molecule has 0 fully saturated rings. The number of phosphoric ester groups is 1. The van der Waals surface area contributed by atoms with E-state index in [0.29, 0.717) is 25.0 Å². The molecule has 0 spiro atoms. The summed E-state index contributed by atoms with van der Waals surface area (Å²) in [5.74, 6) is 0.687. The van der Waals surface area contributed by atoms with Gasteiger partial charge in [-0.15, -0.1) is 0 Å². The Morgan fingerprint density at radius 3 is 1.48 bits per heavy atom. The molecule has 0 saturated heterocycles. The minimum atomic E-state index is -3.89. The van der Waals surface area contributed by atoms with Crippen LogP contribution in [0.3, 0.4) is 0 Å². The van der Waals surface area contributed by atoms with E-state index in [1.807, 2.05) is 0 Å². The Balaban J connectivity index is -0.000000721. The molecule has 0 aliphatic rings. The summed E-state index contributed by atoms with van der Waals surface area (Å²) in [6.45, 7) is 15.1. The zero-order valence-electron chi connectivity index (χ0n) is 20.1. The Bertz CT molecular complexity index is 328. The van der Waals surface area contributed by atoms with Crippen LogP contribution in [-0.2, 0) is 13.6 Å². The second-order valence-electron chi connectivity index (χ2n) is 7.81. The Hall–Kier alpha value is 1.46. The normalized spacial score (nSPS) is 14.9. The molecule has 0 aromatic heterocycles. The Kier molecular flexibility index (Phi) is 31.1. The molecule has 2 atom stereocenters. The fourth-order valence-corrected chi connectivity index (χ4v) is 3.71. The molecule has 1 N–H and O–H groups in total. The molecule has 0 heterocycles. The van der Waals surface area contributed by atoms with Crippen LogP contribution in [0.15, 0.2) is 0 Å². The molecule has 0 aromatic rings. The Morgan fingerprint density at radius 2 is 1.17 bits per heavy atom. The molecule has 2 unspecified atom stereocenters. The molecule has 0 amide bonds. The van der Waals surface area contributed by atoms with E-state index in [4.69, 9.17) is 9.05 Å². The minimum absolute atomic E-state index is 0. The van der Waals surface area contributed by atoms with Crippen LogP contribution < -0.4 is 0 Å². The monoisotopic (exact) mass is 563 g/mol. The quantitative estimate of drug-likeness (QED) is 0.103. The van der Waals surface area contributed by atoms with Gasteiger partial charge in [-0.1, -0.05) is 98.8 Å². The van der Waals surface area contributed by atoms with E-state index < -0.39 is 7.82 Å². The van der Waals surface area contributed by atoms with Gasteiger partial charge in [-0.05, 0) is 24.7 Å². The van der Waals surface area contributed by atoms with Crippen LogP contribution in [0.1, 0.15) is 118 Å². The van der Waals surface area contributed by atoms with Crippen LogP contribution in [0.2, 0.25) is 0 Å². The van der Waals surface area contributed by atoms with E-state index in [1.54, 1.807) is 0 Å². The van der Waals surface area contributed by atoms with Gasteiger partial charge in [0.05, 0.1) is 13.2 Å². The van der Waals surface area contributed by atoms with Crippen LogP contribution in [0.5, 0.6) is 0 Å². The zero-order valence-corrected chi connectivity index (χ0v) is 24.2. The molecule has 29 heavy (non-hydrogen) atoms. The first-order valence-electron chi connectivity index (χ1n) is 11.8. The molecule has 0 aromatic carbocycles. The molecule has 176 valence electrons. The smallest absolute Gasteiger partial charge is 0.343 e. The largest absolute Gasteiger partial charge is 0.472 e. The summed E-state index contributed by atoms with van der Waals surface area (Å²) < 4.78 is 22.2. The van der Waals surface area contributed by atoms with Gasteiger partial charge in [-0.3, -0.25) is 9.05 Å². The van der Waals surface area contributed by atoms with Gasteiger partial charge in [0, 0.05) is 40.8 Å². The van der Waals surface area contributed by atoms with Gasteiger partial charge < -0.3 is 11.8 Å². The Morgan fingerprint density at radius 1 is 0.759 bits per heavy atom.